The molecule has 1 atom stereocenters. The van der Waals surface area contributed by atoms with Gasteiger partial charge in [-0.3, -0.25) is 14.5 Å². The highest BCUT2D eigenvalue weighted by molar-refractivity contribution is 8.00. The Hall–Kier alpha value is -3.10. The second kappa shape index (κ2) is 12.0. The molecule has 7 nitrogen and oxygen atoms in total. The highest BCUT2D eigenvalue weighted by Gasteiger charge is 2.40. The molecule has 2 aromatic carbocycles. The number of carbonyl (C=O) groups excluding carboxylic acids is 2. The zero-order valence-electron chi connectivity index (χ0n) is 24.1. The van der Waals surface area contributed by atoms with Crippen LogP contribution in [0.5, 0.6) is 0 Å². The third-order valence-electron chi connectivity index (χ3n) is 7.00. The van der Waals surface area contributed by atoms with Crippen molar-refractivity contribution in [3.63, 3.8) is 0 Å². The number of methoxy groups -OCH3 is 1. The van der Waals surface area contributed by atoms with Crippen LogP contribution in [0.25, 0.3) is 5.69 Å². The monoisotopic (exact) mass is 548 g/mol. The first-order valence-corrected chi connectivity index (χ1v) is 14.5. The second-order valence-electron chi connectivity index (χ2n) is 11.3. The highest BCUT2D eigenvalue weighted by atomic mass is 32.2. The van der Waals surface area contributed by atoms with Crippen LogP contribution in [-0.2, 0) is 19.7 Å². The number of nitrogens with zero attached hydrogens (tertiary/aromatic N) is 3. The predicted molar refractivity (Wildman–Crippen MR) is 159 cm³/mol. The fraction of sp³-hybridized carbons (Fsp3) is 0.452. The summed E-state index contributed by atoms with van der Waals surface area (Å²) in [5, 5.41) is 8.06. The Morgan fingerprint density at radius 1 is 1.13 bits per heavy atom. The van der Waals surface area contributed by atoms with Gasteiger partial charge in [0.25, 0.3) is 0 Å². The Balaban J connectivity index is 1.95. The molecule has 0 aliphatic carbocycles. The molecule has 0 saturated heterocycles. The Morgan fingerprint density at radius 3 is 2.54 bits per heavy atom. The van der Waals surface area contributed by atoms with Crippen LogP contribution in [0.3, 0.4) is 0 Å². The average Bonchev–Trinajstić information content (AvgIpc) is 3.20. The third kappa shape index (κ3) is 6.23. The van der Waals surface area contributed by atoms with Crippen LogP contribution in [-0.4, -0.2) is 54.2 Å². The second-order valence-corrected chi connectivity index (χ2v) is 12.4. The minimum Gasteiger partial charge on any atom is -0.385 e. The molecule has 0 fully saturated rings. The molecule has 0 spiro atoms. The van der Waals surface area contributed by atoms with Gasteiger partial charge in [-0.05, 0) is 49.9 Å². The Bertz CT molecular complexity index is 1360. The number of anilines is 1. The minimum absolute atomic E-state index is 0.0694. The van der Waals surface area contributed by atoms with Crippen molar-refractivity contribution in [2.24, 2.45) is 0 Å². The molecule has 2 amide bonds. The third-order valence-corrected chi connectivity index (χ3v) is 8.24. The van der Waals surface area contributed by atoms with Crippen molar-refractivity contribution < 1.29 is 14.3 Å². The number of aryl methyl sites for hydroxylation is 3. The number of rotatable bonds is 8. The predicted octanol–water partition coefficient (Wildman–Crippen LogP) is 5.42. The zero-order valence-corrected chi connectivity index (χ0v) is 24.9. The Kier molecular flexibility index (Phi) is 8.86. The number of hydrogen-bond donors (Lipinski definition) is 1. The van der Waals surface area contributed by atoms with E-state index in [9.17, 15) is 9.59 Å². The van der Waals surface area contributed by atoms with E-state index in [4.69, 9.17) is 9.84 Å². The SMILES string of the molecule is COCCCNC(=O)CN1C(=O)CSC(c2ccccc2C)c2c(C(C)(C)C)nn(-c3ccc(C)cc3C)c21. The first kappa shape index (κ1) is 28.9. The molecule has 39 heavy (non-hydrogen) atoms. The van der Waals surface area contributed by atoms with Gasteiger partial charge in [-0.25, -0.2) is 4.68 Å². The quantitative estimate of drug-likeness (QED) is 0.381. The van der Waals surface area contributed by atoms with Crippen molar-refractivity contribution in [1.29, 1.82) is 0 Å². The van der Waals surface area contributed by atoms with Crippen molar-refractivity contribution in [3.8, 4) is 5.69 Å². The summed E-state index contributed by atoms with van der Waals surface area (Å²) >= 11 is 1.61. The Labute approximate surface area is 236 Å². The van der Waals surface area contributed by atoms with E-state index in [2.05, 4.69) is 77.2 Å². The molecule has 2 heterocycles. The van der Waals surface area contributed by atoms with Gasteiger partial charge in [-0.2, -0.15) is 5.10 Å². The number of amides is 2. The van der Waals surface area contributed by atoms with Gasteiger partial charge in [-0.1, -0.05) is 62.7 Å². The number of ether oxygens (including phenoxy) is 1. The molecule has 0 saturated carbocycles. The smallest absolute Gasteiger partial charge is 0.240 e. The number of aromatic nitrogens is 2. The molecule has 4 rings (SSSR count). The first-order chi connectivity index (χ1) is 18.5. The average molecular weight is 549 g/mol. The highest BCUT2D eigenvalue weighted by Crippen LogP contribution is 2.49. The van der Waals surface area contributed by atoms with Crippen LogP contribution in [0, 0.1) is 20.8 Å². The van der Waals surface area contributed by atoms with Crippen molar-refractivity contribution >= 4 is 29.4 Å². The minimum atomic E-state index is -0.295. The van der Waals surface area contributed by atoms with Crippen molar-refractivity contribution in [3.05, 3.63) is 76.0 Å². The lowest BCUT2D eigenvalue weighted by molar-refractivity contribution is -0.122. The summed E-state index contributed by atoms with van der Waals surface area (Å²) in [5.41, 5.74) is 7.07. The van der Waals surface area contributed by atoms with E-state index in [0.29, 0.717) is 25.4 Å². The molecule has 3 aromatic rings. The summed E-state index contributed by atoms with van der Waals surface area (Å²) in [6.45, 7) is 13.7. The van der Waals surface area contributed by atoms with Gasteiger partial charge in [-0.15, -0.1) is 11.8 Å². The topological polar surface area (TPSA) is 76.5 Å². The number of hydrogen-bond acceptors (Lipinski definition) is 5. The summed E-state index contributed by atoms with van der Waals surface area (Å²) < 4.78 is 7.01. The number of carbonyl (C=O) groups is 2. The van der Waals surface area contributed by atoms with Crippen LogP contribution < -0.4 is 10.2 Å². The van der Waals surface area contributed by atoms with E-state index in [0.717, 1.165) is 39.2 Å². The maximum Gasteiger partial charge on any atom is 0.240 e. The van der Waals surface area contributed by atoms with Gasteiger partial charge in [0, 0.05) is 31.2 Å². The summed E-state index contributed by atoms with van der Waals surface area (Å²) in [7, 11) is 1.64. The van der Waals surface area contributed by atoms with Crippen LogP contribution in [0.2, 0.25) is 0 Å². The largest absolute Gasteiger partial charge is 0.385 e. The number of fused-ring (bicyclic) bond motifs is 1. The number of thioether (sulfide) groups is 1. The van der Waals surface area contributed by atoms with Gasteiger partial charge in [0.15, 0.2) is 0 Å². The first-order valence-electron chi connectivity index (χ1n) is 13.5. The maximum absolute atomic E-state index is 13.8. The van der Waals surface area contributed by atoms with Crippen LogP contribution in [0.4, 0.5) is 5.82 Å². The van der Waals surface area contributed by atoms with Crippen molar-refractivity contribution in [1.82, 2.24) is 15.1 Å². The van der Waals surface area contributed by atoms with Crippen LogP contribution in [0.15, 0.2) is 42.5 Å². The lowest BCUT2D eigenvalue weighted by Crippen LogP contribution is -2.42. The summed E-state index contributed by atoms with van der Waals surface area (Å²) in [4.78, 5) is 28.6. The summed E-state index contributed by atoms with van der Waals surface area (Å²) in [5.74, 6) is 0.648. The van der Waals surface area contributed by atoms with E-state index < -0.39 is 0 Å². The van der Waals surface area contributed by atoms with Crippen LogP contribution in [0.1, 0.15) is 66.0 Å². The molecular weight excluding hydrogens is 508 g/mol. The van der Waals surface area contributed by atoms with Gasteiger partial charge < -0.3 is 10.1 Å². The maximum atomic E-state index is 13.8. The van der Waals surface area contributed by atoms with E-state index in [1.165, 1.54) is 0 Å². The fourth-order valence-electron chi connectivity index (χ4n) is 5.05. The molecule has 1 aliphatic heterocycles. The molecule has 1 N–H and O–H groups in total. The molecule has 208 valence electrons. The molecule has 1 unspecified atom stereocenters. The van der Waals surface area contributed by atoms with Crippen molar-refractivity contribution in [2.45, 2.75) is 58.6 Å². The molecule has 8 heteroatoms. The van der Waals surface area contributed by atoms with Crippen molar-refractivity contribution in [2.75, 3.05) is 37.5 Å². The Morgan fingerprint density at radius 2 is 1.87 bits per heavy atom. The van der Waals surface area contributed by atoms with Gasteiger partial charge in [0.2, 0.25) is 11.8 Å². The zero-order chi connectivity index (χ0) is 28.3. The summed E-state index contributed by atoms with van der Waals surface area (Å²) in [6.07, 6.45) is 0.710. The van der Waals surface area contributed by atoms with Gasteiger partial charge in [0.1, 0.15) is 12.4 Å². The molecule has 0 radical (unpaired) electrons. The lowest BCUT2D eigenvalue weighted by atomic mass is 9.86. The van der Waals surface area contributed by atoms with Crippen LogP contribution >= 0.6 is 11.8 Å². The van der Waals surface area contributed by atoms with Gasteiger partial charge in [0.05, 0.1) is 22.4 Å². The van der Waals surface area contributed by atoms with E-state index in [1.807, 2.05) is 16.8 Å². The standard InChI is InChI=1S/C31H40N4O3S/c1-20-13-14-24(22(3)17-20)35-30-27(29(33-35)31(4,5)6)28(23-12-9-8-11-21(23)2)39-19-26(37)34(30)18-25(36)32-15-10-16-38-7/h8-9,11-14,17,28H,10,15-16,18-19H2,1-7H3,(H,32,36). The molecular formula is C31H40N4O3S. The number of benzene rings is 2. The molecule has 1 aromatic heterocycles. The number of nitrogens with one attached hydrogen (secondary N) is 1. The summed E-state index contributed by atoms with van der Waals surface area (Å²) in [6, 6.07) is 14.6. The normalized spacial score (nSPS) is 15.7. The van der Waals surface area contributed by atoms with Gasteiger partial charge >= 0.3 is 0 Å². The van der Waals surface area contributed by atoms with E-state index >= 15 is 0 Å². The lowest BCUT2D eigenvalue weighted by Gasteiger charge is -2.25. The molecule has 0 bridgehead atoms. The van der Waals surface area contributed by atoms with E-state index in [-0.39, 0.29) is 34.8 Å². The van der Waals surface area contributed by atoms with E-state index in [1.54, 1.807) is 23.8 Å². The molecule has 1 aliphatic rings. The fourth-order valence-corrected chi connectivity index (χ4v) is 6.35.